The van der Waals surface area contributed by atoms with Gasteiger partial charge in [-0.25, -0.2) is 4.57 Å². The predicted molar refractivity (Wildman–Crippen MR) is 209 cm³/mol. The highest BCUT2D eigenvalue weighted by Crippen LogP contribution is 2.55. The van der Waals surface area contributed by atoms with Gasteiger partial charge in [0.1, 0.15) is 0 Å². The molecule has 0 N–H and O–H groups in total. The van der Waals surface area contributed by atoms with Crippen LogP contribution in [0.5, 0.6) is 0 Å². The van der Waals surface area contributed by atoms with Crippen molar-refractivity contribution in [2.75, 3.05) is 0 Å². The molecule has 284 valence electrons. The quantitative estimate of drug-likeness (QED) is 0.0477. The summed E-state index contributed by atoms with van der Waals surface area (Å²) in [5, 5.41) is 0. The molecule has 0 saturated heterocycles. The molecule has 0 aromatic rings. The van der Waals surface area contributed by atoms with Crippen LogP contribution in [0, 0.1) is 0 Å². The Kier molecular flexibility index (Phi) is 36.0. The third kappa shape index (κ3) is 30.6. The molecule has 4 nitrogen and oxygen atoms in total. The Bertz CT molecular complexity index is 571. The van der Waals surface area contributed by atoms with E-state index >= 15 is 4.57 Å². The summed E-state index contributed by atoms with van der Waals surface area (Å²) in [4.78, 5) is 0. The lowest BCUT2D eigenvalue weighted by Gasteiger charge is -2.31. The van der Waals surface area contributed by atoms with Crippen molar-refractivity contribution in [1.29, 1.82) is 0 Å². The van der Waals surface area contributed by atoms with E-state index in [0.717, 1.165) is 77.0 Å². The number of rotatable bonds is 39. The van der Waals surface area contributed by atoms with Gasteiger partial charge in [0, 0.05) is 0 Å². The summed E-state index contributed by atoms with van der Waals surface area (Å²) in [6, 6.07) is 0. The molecule has 5 heteroatoms. The maximum absolute atomic E-state index is 15.0. The number of unbranched alkanes of at least 4 members (excludes halogenated alkanes) is 21. The average molecular weight is 687 g/mol. The van der Waals surface area contributed by atoms with Crippen LogP contribution in [-0.4, -0.2) is 18.3 Å². The first-order valence-electron chi connectivity index (χ1n) is 21.6. The van der Waals surface area contributed by atoms with Crippen molar-refractivity contribution in [3.63, 3.8) is 0 Å². The Hall–Kier alpha value is 0.110. The molecule has 0 fully saturated rings. The second-order valence-corrected chi connectivity index (χ2v) is 16.3. The van der Waals surface area contributed by atoms with Crippen LogP contribution >= 0.6 is 7.82 Å². The highest BCUT2D eigenvalue weighted by Gasteiger charge is 2.36. The molecule has 0 spiro atoms. The van der Waals surface area contributed by atoms with Crippen LogP contribution in [0.4, 0.5) is 0 Å². The Balaban J connectivity index is 6.03. The minimum absolute atomic E-state index is 0.0464. The molecule has 0 heterocycles. The molecule has 0 aromatic heterocycles. The minimum Gasteiger partial charge on any atom is -0.284 e. The SMILES string of the molecule is CCCCCCCC(CCCCCC)OP(=O)(OC(CCCCCC)CCCCCCC)OC(CCCCCC)CCCCCCC. The van der Waals surface area contributed by atoms with Gasteiger partial charge in [-0.3, -0.25) is 13.6 Å². The van der Waals surface area contributed by atoms with Gasteiger partial charge in [0.2, 0.25) is 0 Å². The van der Waals surface area contributed by atoms with Crippen molar-refractivity contribution >= 4 is 7.82 Å². The van der Waals surface area contributed by atoms with Gasteiger partial charge in [-0.05, 0) is 38.5 Å². The van der Waals surface area contributed by atoms with Gasteiger partial charge < -0.3 is 0 Å². The Labute approximate surface area is 297 Å². The molecular formula is C42H87O4P. The van der Waals surface area contributed by atoms with Crippen LogP contribution in [0.3, 0.4) is 0 Å². The molecule has 3 unspecified atom stereocenters. The number of phosphoric acid groups is 1. The van der Waals surface area contributed by atoms with Gasteiger partial charge in [0.15, 0.2) is 0 Å². The highest BCUT2D eigenvalue weighted by atomic mass is 31.2. The fraction of sp³-hybridized carbons (Fsp3) is 1.00. The smallest absolute Gasteiger partial charge is 0.284 e. The monoisotopic (exact) mass is 687 g/mol. The molecule has 47 heavy (non-hydrogen) atoms. The summed E-state index contributed by atoms with van der Waals surface area (Å²) in [7, 11) is -3.74. The van der Waals surface area contributed by atoms with E-state index in [1.807, 2.05) is 0 Å². The Morgan fingerprint density at radius 3 is 0.660 bits per heavy atom. The maximum Gasteiger partial charge on any atom is 0.475 e. The predicted octanol–water partition coefficient (Wildman–Crippen LogP) is 16.2. The third-order valence-electron chi connectivity index (χ3n) is 9.86. The Morgan fingerprint density at radius 1 is 0.298 bits per heavy atom. The molecule has 0 aliphatic carbocycles. The Morgan fingerprint density at radius 2 is 0.468 bits per heavy atom. The topological polar surface area (TPSA) is 44.8 Å². The van der Waals surface area contributed by atoms with Gasteiger partial charge in [-0.2, -0.15) is 0 Å². The largest absolute Gasteiger partial charge is 0.475 e. The molecule has 0 bridgehead atoms. The van der Waals surface area contributed by atoms with E-state index in [1.54, 1.807) is 0 Å². The standard InChI is InChI=1S/C42H87O4P/c1-7-13-19-25-31-37-40(34-28-22-16-10-4)44-47(43,45-41(35-29-23-17-11-5)38-32-26-20-14-8-2)46-42(36-30-24-18-12-6)39-33-27-21-15-9-3/h40-42H,7-39H2,1-6H3. The summed E-state index contributed by atoms with van der Waals surface area (Å²) in [5.74, 6) is 0. The maximum atomic E-state index is 15.0. The zero-order valence-corrected chi connectivity index (χ0v) is 34.0. The second-order valence-electron chi connectivity index (χ2n) is 14.8. The van der Waals surface area contributed by atoms with Crippen molar-refractivity contribution in [3.8, 4) is 0 Å². The number of phosphoric ester groups is 1. The molecular weight excluding hydrogens is 599 g/mol. The lowest BCUT2D eigenvalue weighted by atomic mass is 10.0. The first-order valence-corrected chi connectivity index (χ1v) is 23.1. The first kappa shape index (κ1) is 47.1. The van der Waals surface area contributed by atoms with E-state index in [2.05, 4.69) is 41.5 Å². The van der Waals surface area contributed by atoms with Gasteiger partial charge in [-0.15, -0.1) is 0 Å². The zero-order valence-electron chi connectivity index (χ0n) is 33.1. The second kappa shape index (κ2) is 35.9. The molecule has 0 saturated carbocycles. The van der Waals surface area contributed by atoms with E-state index in [-0.39, 0.29) is 18.3 Å². The summed E-state index contributed by atoms with van der Waals surface area (Å²) >= 11 is 0. The van der Waals surface area contributed by atoms with Crippen molar-refractivity contribution in [3.05, 3.63) is 0 Å². The first-order chi connectivity index (χ1) is 23.0. The lowest BCUT2D eigenvalue weighted by Crippen LogP contribution is -2.22. The molecule has 0 amide bonds. The summed E-state index contributed by atoms with van der Waals surface area (Å²) in [6.45, 7) is 13.6. The van der Waals surface area contributed by atoms with Gasteiger partial charge in [-0.1, -0.05) is 215 Å². The molecule has 0 aliphatic rings. The van der Waals surface area contributed by atoms with Gasteiger partial charge in [0.05, 0.1) is 18.3 Å². The summed E-state index contributed by atoms with van der Waals surface area (Å²) in [5.41, 5.74) is 0. The molecule has 0 aromatic carbocycles. The fourth-order valence-electron chi connectivity index (χ4n) is 6.69. The van der Waals surface area contributed by atoms with Crippen LogP contribution in [0.2, 0.25) is 0 Å². The highest BCUT2D eigenvalue weighted by molar-refractivity contribution is 7.48. The zero-order chi connectivity index (χ0) is 34.7. The summed E-state index contributed by atoms with van der Waals surface area (Å²) in [6.07, 6.45) is 38.6. The van der Waals surface area contributed by atoms with Crippen LogP contribution in [0.15, 0.2) is 0 Å². The van der Waals surface area contributed by atoms with Crippen molar-refractivity contribution < 1.29 is 18.1 Å². The van der Waals surface area contributed by atoms with Crippen LogP contribution in [0.1, 0.15) is 253 Å². The normalized spacial score (nSPS) is 15.1. The van der Waals surface area contributed by atoms with E-state index in [9.17, 15) is 0 Å². The lowest BCUT2D eigenvalue weighted by molar-refractivity contribution is 0.0156. The van der Waals surface area contributed by atoms with Crippen LogP contribution < -0.4 is 0 Å². The molecule has 0 radical (unpaired) electrons. The van der Waals surface area contributed by atoms with Gasteiger partial charge >= 0.3 is 7.82 Å². The van der Waals surface area contributed by atoms with E-state index in [0.29, 0.717) is 0 Å². The number of hydrogen-bond donors (Lipinski definition) is 0. The van der Waals surface area contributed by atoms with Crippen molar-refractivity contribution in [2.24, 2.45) is 0 Å². The van der Waals surface area contributed by atoms with E-state index in [4.69, 9.17) is 13.6 Å². The van der Waals surface area contributed by atoms with Crippen molar-refractivity contribution in [1.82, 2.24) is 0 Å². The van der Waals surface area contributed by atoms with Gasteiger partial charge in [0.25, 0.3) is 0 Å². The van der Waals surface area contributed by atoms with Crippen molar-refractivity contribution in [2.45, 2.75) is 272 Å². The molecule has 3 atom stereocenters. The van der Waals surface area contributed by atoms with Crippen LogP contribution in [0.25, 0.3) is 0 Å². The van der Waals surface area contributed by atoms with E-state index in [1.165, 1.54) is 135 Å². The average Bonchev–Trinajstić information content (AvgIpc) is 3.06. The minimum atomic E-state index is -3.74. The third-order valence-corrected chi connectivity index (χ3v) is 11.5. The fourth-order valence-corrected chi connectivity index (χ4v) is 8.57. The molecule has 0 rings (SSSR count). The number of hydrogen-bond acceptors (Lipinski definition) is 4. The molecule has 0 aliphatic heterocycles. The van der Waals surface area contributed by atoms with Crippen LogP contribution in [-0.2, 0) is 18.1 Å². The summed E-state index contributed by atoms with van der Waals surface area (Å²) < 4.78 is 35.3. The van der Waals surface area contributed by atoms with E-state index < -0.39 is 7.82 Å².